The molecule has 3 heteroatoms. The minimum absolute atomic E-state index is 0.190. The van der Waals surface area contributed by atoms with Crippen molar-refractivity contribution in [3.63, 3.8) is 0 Å². The third-order valence-corrected chi connectivity index (χ3v) is 3.54. The molecule has 0 bridgehead atoms. The fourth-order valence-electron chi connectivity index (χ4n) is 1.59. The van der Waals surface area contributed by atoms with Crippen LogP contribution in [0.3, 0.4) is 0 Å². The van der Waals surface area contributed by atoms with Crippen LogP contribution in [0.4, 0.5) is 0 Å². The lowest BCUT2D eigenvalue weighted by Gasteiger charge is -2.32. The predicted octanol–water partition coefficient (Wildman–Crippen LogP) is 3.74. The molecular weight excluding hydrogens is 242 g/mol. The third-order valence-electron chi connectivity index (χ3n) is 2.89. The molecule has 0 radical (unpaired) electrons. The summed E-state index contributed by atoms with van der Waals surface area (Å²) in [7, 11) is 1.97. The first kappa shape index (κ1) is 11.8. The molecule has 0 aliphatic rings. The minimum Gasteiger partial charge on any atom is -0.466 e. The molecular formula is C11H18BrNO. The van der Waals surface area contributed by atoms with E-state index in [2.05, 4.69) is 42.0 Å². The molecule has 14 heavy (non-hydrogen) atoms. The van der Waals surface area contributed by atoms with Crippen LogP contribution in [0.1, 0.15) is 39.0 Å². The molecule has 1 N–H and O–H groups in total. The van der Waals surface area contributed by atoms with Crippen molar-refractivity contribution in [2.24, 2.45) is 5.41 Å². The molecule has 2 nitrogen and oxygen atoms in total. The Morgan fingerprint density at radius 3 is 2.57 bits per heavy atom. The molecule has 0 aliphatic carbocycles. The van der Waals surface area contributed by atoms with Gasteiger partial charge >= 0.3 is 0 Å². The Hall–Kier alpha value is -0.280. The highest BCUT2D eigenvalue weighted by atomic mass is 79.9. The largest absolute Gasteiger partial charge is 0.466 e. The Morgan fingerprint density at radius 1 is 1.57 bits per heavy atom. The molecule has 0 saturated heterocycles. The van der Waals surface area contributed by atoms with Crippen LogP contribution in [0.15, 0.2) is 21.2 Å². The number of rotatable bonds is 4. The van der Waals surface area contributed by atoms with Gasteiger partial charge in [-0.2, -0.15) is 0 Å². The monoisotopic (exact) mass is 259 g/mol. The maximum atomic E-state index is 5.50. The smallest absolute Gasteiger partial charge is 0.135 e. The van der Waals surface area contributed by atoms with Crippen molar-refractivity contribution in [2.75, 3.05) is 7.05 Å². The van der Waals surface area contributed by atoms with Crippen molar-refractivity contribution >= 4 is 15.9 Å². The lowest BCUT2D eigenvalue weighted by Crippen LogP contribution is -2.31. The van der Waals surface area contributed by atoms with Crippen LogP contribution in [0.25, 0.3) is 0 Å². The fourth-order valence-corrected chi connectivity index (χ4v) is 2.02. The SMILES string of the molecule is CCC(C)(C)C(NC)c1occc1Br. The van der Waals surface area contributed by atoms with Gasteiger partial charge in [0.15, 0.2) is 0 Å². The summed E-state index contributed by atoms with van der Waals surface area (Å²) < 4.78 is 6.54. The summed E-state index contributed by atoms with van der Waals surface area (Å²) >= 11 is 3.50. The van der Waals surface area contributed by atoms with Crippen LogP contribution < -0.4 is 5.32 Å². The van der Waals surface area contributed by atoms with Crippen molar-refractivity contribution in [1.29, 1.82) is 0 Å². The van der Waals surface area contributed by atoms with Gasteiger partial charge in [-0.3, -0.25) is 0 Å². The Bertz CT molecular complexity index is 293. The molecule has 1 rings (SSSR count). The average molecular weight is 260 g/mol. The summed E-state index contributed by atoms with van der Waals surface area (Å²) in [6.45, 7) is 6.67. The van der Waals surface area contributed by atoms with Gasteiger partial charge in [0.1, 0.15) is 5.76 Å². The van der Waals surface area contributed by atoms with Gasteiger partial charge < -0.3 is 9.73 Å². The van der Waals surface area contributed by atoms with E-state index in [1.54, 1.807) is 6.26 Å². The van der Waals surface area contributed by atoms with Crippen molar-refractivity contribution in [3.8, 4) is 0 Å². The first-order valence-electron chi connectivity index (χ1n) is 4.93. The van der Waals surface area contributed by atoms with E-state index in [1.807, 2.05) is 13.1 Å². The van der Waals surface area contributed by atoms with Crippen LogP contribution >= 0.6 is 15.9 Å². The molecule has 1 aromatic heterocycles. The third kappa shape index (κ3) is 2.20. The van der Waals surface area contributed by atoms with E-state index in [0.717, 1.165) is 16.7 Å². The summed E-state index contributed by atoms with van der Waals surface area (Å²) in [5, 5.41) is 3.31. The lowest BCUT2D eigenvalue weighted by molar-refractivity contribution is 0.215. The summed E-state index contributed by atoms with van der Waals surface area (Å²) in [5.74, 6) is 0.986. The molecule has 1 heterocycles. The first-order chi connectivity index (χ1) is 6.53. The molecule has 0 aromatic carbocycles. The summed E-state index contributed by atoms with van der Waals surface area (Å²) in [6.07, 6.45) is 2.82. The van der Waals surface area contributed by atoms with Gasteiger partial charge in [-0.25, -0.2) is 0 Å². The average Bonchev–Trinajstić information content (AvgIpc) is 2.53. The molecule has 1 atom stereocenters. The summed E-state index contributed by atoms with van der Waals surface area (Å²) in [6, 6.07) is 2.18. The maximum Gasteiger partial charge on any atom is 0.135 e. The highest BCUT2D eigenvalue weighted by Gasteiger charge is 2.31. The zero-order valence-corrected chi connectivity index (χ0v) is 10.8. The molecule has 0 amide bonds. The number of hydrogen-bond donors (Lipinski definition) is 1. The van der Waals surface area contributed by atoms with E-state index in [1.165, 1.54) is 0 Å². The minimum atomic E-state index is 0.190. The van der Waals surface area contributed by atoms with E-state index < -0.39 is 0 Å². The molecule has 0 saturated carbocycles. The number of nitrogens with one attached hydrogen (secondary N) is 1. The molecule has 0 fully saturated rings. The zero-order chi connectivity index (χ0) is 10.8. The second kappa shape index (κ2) is 4.49. The maximum absolute atomic E-state index is 5.50. The molecule has 0 aliphatic heterocycles. The van der Waals surface area contributed by atoms with Crippen molar-refractivity contribution in [3.05, 3.63) is 22.6 Å². The van der Waals surface area contributed by atoms with E-state index in [9.17, 15) is 0 Å². The molecule has 1 aromatic rings. The zero-order valence-electron chi connectivity index (χ0n) is 9.23. The Kier molecular flexibility index (Phi) is 3.78. The van der Waals surface area contributed by atoms with E-state index in [-0.39, 0.29) is 11.5 Å². The normalized spacial score (nSPS) is 14.4. The lowest BCUT2D eigenvalue weighted by atomic mass is 9.81. The van der Waals surface area contributed by atoms with Crippen LogP contribution in [0, 0.1) is 5.41 Å². The van der Waals surface area contributed by atoms with Gasteiger partial charge in [0, 0.05) is 0 Å². The van der Waals surface area contributed by atoms with Crippen molar-refractivity contribution in [1.82, 2.24) is 5.32 Å². The molecule has 80 valence electrons. The van der Waals surface area contributed by atoms with Crippen molar-refractivity contribution < 1.29 is 4.42 Å². The van der Waals surface area contributed by atoms with Gasteiger partial charge in [-0.1, -0.05) is 20.8 Å². The molecule has 1 unspecified atom stereocenters. The number of hydrogen-bond acceptors (Lipinski definition) is 2. The highest BCUT2D eigenvalue weighted by molar-refractivity contribution is 9.10. The molecule has 0 spiro atoms. The van der Waals surface area contributed by atoms with Crippen LogP contribution in [0.5, 0.6) is 0 Å². The van der Waals surface area contributed by atoms with Gasteiger partial charge in [-0.05, 0) is 40.9 Å². The number of furan rings is 1. The quantitative estimate of drug-likeness (QED) is 0.892. The van der Waals surface area contributed by atoms with Crippen LogP contribution in [-0.2, 0) is 0 Å². The van der Waals surface area contributed by atoms with Gasteiger partial charge in [-0.15, -0.1) is 0 Å². The summed E-state index contributed by atoms with van der Waals surface area (Å²) in [5.41, 5.74) is 0.190. The fraction of sp³-hybridized carbons (Fsp3) is 0.636. The van der Waals surface area contributed by atoms with E-state index in [0.29, 0.717) is 0 Å². The Morgan fingerprint density at radius 2 is 2.21 bits per heavy atom. The standard InChI is InChI=1S/C11H18BrNO/c1-5-11(2,3)10(13-4)9-8(12)6-7-14-9/h6-7,10,13H,5H2,1-4H3. The van der Waals surface area contributed by atoms with Gasteiger partial charge in [0.05, 0.1) is 16.8 Å². The van der Waals surface area contributed by atoms with Gasteiger partial charge in [0.25, 0.3) is 0 Å². The second-order valence-electron chi connectivity index (χ2n) is 4.20. The predicted molar refractivity (Wildman–Crippen MR) is 62.3 cm³/mol. The second-order valence-corrected chi connectivity index (χ2v) is 5.05. The van der Waals surface area contributed by atoms with Crippen LogP contribution in [0.2, 0.25) is 0 Å². The topological polar surface area (TPSA) is 25.2 Å². The van der Waals surface area contributed by atoms with Crippen molar-refractivity contribution in [2.45, 2.75) is 33.2 Å². The Labute approximate surface area is 94.2 Å². The van der Waals surface area contributed by atoms with E-state index >= 15 is 0 Å². The van der Waals surface area contributed by atoms with E-state index in [4.69, 9.17) is 4.42 Å². The number of halogens is 1. The summed E-state index contributed by atoms with van der Waals surface area (Å²) in [4.78, 5) is 0. The first-order valence-corrected chi connectivity index (χ1v) is 5.72. The van der Waals surface area contributed by atoms with Gasteiger partial charge in [0.2, 0.25) is 0 Å². The van der Waals surface area contributed by atoms with Crippen LogP contribution in [-0.4, -0.2) is 7.05 Å². The Balaban J connectivity index is 2.99. The highest BCUT2D eigenvalue weighted by Crippen LogP contribution is 2.39.